The molecule has 0 atom stereocenters. The van der Waals surface area contributed by atoms with Crippen molar-refractivity contribution in [2.75, 3.05) is 6.61 Å². The van der Waals surface area contributed by atoms with Crippen LogP contribution in [-0.4, -0.2) is 34.3 Å². The molecular formula is C15H33BO3Si. The molecule has 20 heavy (non-hydrogen) atoms. The summed E-state index contributed by atoms with van der Waals surface area (Å²) in [6, 6.07) is 0. The zero-order valence-electron chi connectivity index (χ0n) is 14.8. The van der Waals surface area contributed by atoms with Crippen LogP contribution in [0.5, 0.6) is 0 Å². The van der Waals surface area contributed by atoms with Crippen LogP contribution in [0.1, 0.15) is 48.5 Å². The minimum Gasteiger partial charge on any atom is -0.413 e. The molecule has 0 N–H and O–H groups in total. The predicted octanol–water partition coefficient (Wildman–Crippen LogP) is 4.44. The van der Waals surface area contributed by atoms with Crippen molar-refractivity contribution in [3.05, 3.63) is 12.1 Å². The Kier molecular flexibility index (Phi) is 8.33. The summed E-state index contributed by atoms with van der Waals surface area (Å²) in [4.78, 5) is 0. The average molecular weight is 300 g/mol. The van der Waals surface area contributed by atoms with Gasteiger partial charge in [-0.25, -0.2) is 0 Å². The summed E-state index contributed by atoms with van der Waals surface area (Å²) in [5.74, 6) is 1.95. The van der Waals surface area contributed by atoms with Gasteiger partial charge in [-0.05, 0) is 45.8 Å². The molecule has 0 saturated heterocycles. The van der Waals surface area contributed by atoms with Gasteiger partial charge in [-0.2, -0.15) is 0 Å². The Bertz CT molecular complexity index is 286. The van der Waals surface area contributed by atoms with Crippen LogP contribution in [0.15, 0.2) is 12.1 Å². The Morgan fingerprint density at radius 2 is 1.45 bits per heavy atom. The van der Waals surface area contributed by atoms with E-state index in [2.05, 4.69) is 33.9 Å². The van der Waals surface area contributed by atoms with Crippen molar-refractivity contribution in [2.24, 2.45) is 0 Å². The third-order valence-electron chi connectivity index (χ3n) is 3.45. The highest BCUT2D eigenvalue weighted by atomic mass is 28.4. The fraction of sp³-hybridized carbons (Fsp3) is 0.867. The Balaban J connectivity index is 4.37. The Morgan fingerprint density at radius 1 is 1.00 bits per heavy atom. The predicted molar refractivity (Wildman–Crippen MR) is 90.5 cm³/mol. The van der Waals surface area contributed by atoms with E-state index in [4.69, 9.17) is 13.7 Å². The van der Waals surface area contributed by atoms with E-state index >= 15 is 0 Å². The maximum atomic E-state index is 6.10. The first-order valence-corrected chi connectivity index (χ1v) is 10.5. The Morgan fingerprint density at radius 3 is 1.80 bits per heavy atom. The lowest BCUT2D eigenvalue weighted by Gasteiger charge is -2.35. The highest BCUT2D eigenvalue weighted by molar-refractivity contribution is 6.74. The molecule has 0 aliphatic carbocycles. The van der Waals surface area contributed by atoms with Gasteiger partial charge in [-0.15, -0.1) is 0 Å². The van der Waals surface area contributed by atoms with Gasteiger partial charge in [-0.1, -0.05) is 32.8 Å². The highest BCUT2D eigenvalue weighted by Gasteiger charge is 2.36. The minimum absolute atomic E-state index is 0.143. The first kappa shape index (κ1) is 19.9. The van der Waals surface area contributed by atoms with Crippen LogP contribution < -0.4 is 0 Å². The molecule has 0 radical (unpaired) electrons. The van der Waals surface area contributed by atoms with Crippen LogP contribution in [-0.2, 0) is 13.7 Å². The monoisotopic (exact) mass is 300 g/mol. The zero-order chi connectivity index (χ0) is 16.0. The third kappa shape index (κ3) is 8.25. The molecule has 0 fully saturated rings. The smallest absolute Gasteiger partial charge is 0.413 e. The highest BCUT2D eigenvalue weighted by Crippen LogP contribution is 2.36. The van der Waals surface area contributed by atoms with Crippen LogP contribution in [0.3, 0.4) is 0 Å². The van der Waals surface area contributed by atoms with Crippen molar-refractivity contribution in [2.45, 2.75) is 78.8 Å². The van der Waals surface area contributed by atoms with E-state index in [1.807, 2.05) is 39.7 Å². The molecule has 5 heteroatoms. The van der Waals surface area contributed by atoms with Crippen LogP contribution in [0.4, 0.5) is 0 Å². The second-order valence-electron chi connectivity index (χ2n) is 7.24. The van der Waals surface area contributed by atoms with Gasteiger partial charge in [0.25, 0.3) is 0 Å². The lowest BCUT2D eigenvalue weighted by Crippen LogP contribution is -2.40. The lowest BCUT2D eigenvalue weighted by molar-refractivity contribution is 0.138. The van der Waals surface area contributed by atoms with Gasteiger partial charge >= 0.3 is 7.12 Å². The third-order valence-corrected chi connectivity index (χ3v) is 7.95. The Labute approximate surface area is 127 Å². The molecule has 0 heterocycles. The molecule has 0 bridgehead atoms. The van der Waals surface area contributed by atoms with E-state index in [9.17, 15) is 0 Å². The van der Waals surface area contributed by atoms with E-state index < -0.39 is 8.32 Å². The van der Waals surface area contributed by atoms with Gasteiger partial charge in [0.2, 0.25) is 0 Å². The van der Waals surface area contributed by atoms with Crippen LogP contribution in [0.25, 0.3) is 0 Å². The van der Waals surface area contributed by atoms with Crippen LogP contribution in [0, 0.1) is 0 Å². The summed E-state index contributed by atoms with van der Waals surface area (Å²) in [5.41, 5.74) is 0. The van der Waals surface area contributed by atoms with Gasteiger partial charge in [-0.3, -0.25) is 0 Å². The first-order valence-electron chi connectivity index (χ1n) is 7.57. The fourth-order valence-corrected chi connectivity index (χ4v) is 2.24. The standard InChI is InChI=1S/C15H33BO3Si/c1-13(2)18-16(19-14(3)4)11-10-12-17-20(8,9)15(5,6)7/h10-11,13-14H,12H2,1-9H3/b11-10+. The molecule has 3 nitrogen and oxygen atoms in total. The first-order chi connectivity index (χ1) is 8.95. The van der Waals surface area contributed by atoms with E-state index in [0.717, 1.165) is 0 Å². The molecule has 0 unspecified atom stereocenters. The van der Waals surface area contributed by atoms with Gasteiger partial charge < -0.3 is 13.7 Å². The molecule has 0 amide bonds. The summed E-state index contributed by atoms with van der Waals surface area (Å²) in [6.07, 6.45) is 2.30. The normalized spacial score (nSPS) is 13.8. The molecule has 0 aromatic heterocycles. The topological polar surface area (TPSA) is 27.7 Å². The summed E-state index contributed by atoms with van der Waals surface area (Å²) in [5, 5.41) is 0.239. The molecule has 0 spiro atoms. The number of hydrogen-bond acceptors (Lipinski definition) is 3. The van der Waals surface area contributed by atoms with E-state index in [1.165, 1.54) is 0 Å². The summed E-state index contributed by atoms with van der Waals surface area (Å²) in [7, 11) is -1.97. The maximum absolute atomic E-state index is 6.10. The average Bonchev–Trinajstić information content (AvgIpc) is 2.20. The number of rotatable bonds is 8. The minimum atomic E-state index is -1.67. The van der Waals surface area contributed by atoms with Crippen molar-refractivity contribution in [3.63, 3.8) is 0 Å². The zero-order valence-corrected chi connectivity index (χ0v) is 15.8. The van der Waals surface area contributed by atoms with Crippen molar-refractivity contribution in [1.82, 2.24) is 0 Å². The fourth-order valence-electron chi connectivity index (χ4n) is 1.30. The van der Waals surface area contributed by atoms with Crippen molar-refractivity contribution in [1.29, 1.82) is 0 Å². The van der Waals surface area contributed by atoms with Crippen molar-refractivity contribution in [3.8, 4) is 0 Å². The van der Waals surface area contributed by atoms with Crippen molar-refractivity contribution < 1.29 is 13.7 Å². The van der Waals surface area contributed by atoms with Gasteiger partial charge in [0.15, 0.2) is 8.32 Å². The molecule has 0 aliphatic heterocycles. The van der Waals surface area contributed by atoms with Crippen LogP contribution >= 0.6 is 0 Å². The molecule has 0 saturated carbocycles. The van der Waals surface area contributed by atoms with Crippen LogP contribution in [0.2, 0.25) is 18.1 Å². The molecule has 0 rings (SSSR count). The molecule has 0 aromatic carbocycles. The maximum Gasteiger partial charge on any atom is 0.486 e. The van der Waals surface area contributed by atoms with Gasteiger partial charge in [0, 0.05) is 12.2 Å². The van der Waals surface area contributed by atoms with E-state index in [1.54, 1.807) is 0 Å². The summed E-state index contributed by atoms with van der Waals surface area (Å²) in [6.45, 7) is 19.9. The number of hydrogen-bond donors (Lipinski definition) is 0. The molecule has 0 aliphatic rings. The molecule has 0 aromatic rings. The van der Waals surface area contributed by atoms with Gasteiger partial charge in [0.05, 0.1) is 6.61 Å². The quantitative estimate of drug-likeness (QED) is 0.620. The Hall–Kier alpha value is -0.0982. The SMILES string of the molecule is CC(C)OB(/C=C/CO[Si](C)(C)C(C)(C)C)OC(C)C. The van der Waals surface area contributed by atoms with Gasteiger partial charge in [0.1, 0.15) is 0 Å². The summed E-state index contributed by atoms with van der Waals surface area (Å²) >= 11 is 0. The lowest BCUT2D eigenvalue weighted by atomic mass is 9.88. The molecular weight excluding hydrogens is 267 g/mol. The summed E-state index contributed by atoms with van der Waals surface area (Å²) < 4.78 is 17.5. The van der Waals surface area contributed by atoms with E-state index in [-0.39, 0.29) is 24.4 Å². The van der Waals surface area contributed by atoms with E-state index in [0.29, 0.717) is 6.61 Å². The second kappa shape index (κ2) is 8.37. The largest absolute Gasteiger partial charge is 0.486 e. The van der Waals surface area contributed by atoms with Crippen molar-refractivity contribution >= 4 is 15.4 Å². The molecule has 118 valence electrons. The second-order valence-corrected chi connectivity index (χ2v) is 12.0.